The van der Waals surface area contributed by atoms with Gasteiger partial charge in [0.25, 0.3) is 5.24 Å². The number of pyridine rings is 1. The number of aromatic nitrogens is 1. The quantitative estimate of drug-likeness (QED) is 0.509. The fraction of sp³-hybridized carbons (Fsp3) is 0.364. The number of piperidine rings is 1. The van der Waals surface area contributed by atoms with Crippen LogP contribution in [0.2, 0.25) is 0 Å². The second-order valence-corrected chi connectivity index (χ2v) is 8.41. The van der Waals surface area contributed by atoms with Crippen molar-refractivity contribution in [3.63, 3.8) is 0 Å². The summed E-state index contributed by atoms with van der Waals surface area (Å²) in [7, 11) is 1.66. The van der Waals surface area contributed by atoms with Crippen LogP contribution in [0.4, 0.5) is 4.79 Å². The Balaban J connectivity index is 1.72. The molecule has 6 heteroatoms. The predicted molar refractivity (Wildman–Crippen MR) is 115 cm³/mol. The molecule has 2 aliphatic rings. The zero-order valence-electron chi connectivity index (χ0n) is 15.6. The Morgan fingerprint density at radius 1 is 1.46 bits per heavy atom. The average Bonchev–Trinajstić information content (AvgIpc) is 3.06. The zero-order valence-corrected chi connectivity index (χ0v) is 17.2. The molecule has 1 amide bonds. The highest BCUT2D eigenvalue weighted by Gasteiger charge is 2.46. The SMILES string of the molecule is C=CC(C#CCl)[C@H]1CCN2C(=O)S[C@@H](c3ccnc4ccc(OC)cc34)[C@@H]2C1. The summed E-state index contributed by atoms with van der Waals surface area (Å²) >= 11 is 7.07. The lowest BCUT2D eigenvalue weighted by Gasteiger charge is -2.38. The summed E-state index contributed by atoms with van der Waals surface area (Å²) in [6, 6.07) is 8.05. The van der Waals surface area contributed by atoms with Crippen molar-refractivity contribution in [1.29, 1.82) is 0 Å². The van der Waals surface area contributed by atoms with Crippen molar-refractivity contribution in [2.24, 2.45) is 11.8 Å². The zero-order chi connectivity index (χ0) is 19.7. The molecular formula is C22H21ClN2O2S. The van der Waals surface area contributed by atoms with Gasteiger partial charge in [-0.3, -0.25) is 9.78 Å². The first kappa shape index (κ1) is 19.2. The van der Waals surface area contributed by atoms with E-state index in [0.717, 1.165) is 41.6 Å². The number of halogens is 1. The van der Waals surface area contributed by atoms with Crippen LogP contribution in [0, 0.1) is 23.1 Å². The highest BCUT2D eigenvalue weighted by atomic mass is 35.5. The number of carbonyl (C=O) groups is 1. The van der Waals surface area contributed by atoms with E-state index in [1.165, 1.54) is 11.8 Å². The lowest BCUT2D eigenvalue weighted by molar-refractivity contribution is 0.144. The molecule has 28 heavy (non-hydrogen) atoms. The average molecular weight is 413 g/mol. The summed E-state index contributed by atoms with van der Waals surface area (Å²) < 4.78 is 5.41. The Bertz CT molecular complexity index is 983. The maximum absolute atomic E-state index is 12.7. The number of hydrogen-bond acceptors (Lipinski definition) is 4. The third kappa shape index (κ3) is 3.36. The number of amides is 1. The van der Waals surface area contributed by atoms with E-state index in [9.17, 15) is 4.79 Å². The summed E-state index contributed by atoms with van der Waals surface area (Å²) in [6.07, 6.45) is 5.51. The first-order valence-electron chi connectivity index (χ1n) is 9.30. The van der Waals surface area contributed by atoms with E-state index in [1.807, 2.05) is 41.4 Å². The molecule has 2 aliphatic heterocycles. The number of allylic oxidation sites excluding steroid dienone is 1. The van der Waals surface area contributed by atoms with E-state index in [1.54, 1.807) is 7.11 Å². The van der Waals surface area contributed by atoms with Crippen molar-refractivity contribution in [3.8, 4) is 17.0 Å². The third-order valence-electron chi connectivity index (χ3n) is 5.77. The summed E-state index contributed by atoms with van der Waals surface area (Å²) in [5, 5.41) is 3.76. The molecule has 2 fully saturated rings. The molecule has 1 aromatic heterocycles. The van der Waals surface area contributed by atoms with Gasteiger partial charge in [-0.05, 0) is 60.2 Å². The molecule has 4 rings (SSSR count). The second-order valence-electron chi connectivity index (χ2n) is 7.13. The van der Waals surface area contributed by atoms with E-state index in [-0.39, 0.29) is 22.4 Å². The van der Waals surface area contributed by atoms with Crippen molar-refractivity contribution >= 4 is 39.5 Å². The van der Waals surface area contributed by atoms with Crippen LogP contribution in [0.25, 0.3) is 10.9 Å². The monoisotopic (exact) mass is 412 g/mol. The van der Waals surface area contributed by atoms with Crippen molar-refractivity contribution in [2.45, 2.75) is 24.1 Å². The number of nitrogens with zero attached hydrogens (tertiary/aromatic N) is 2. The maximum Gasteiger partial charge on any atom is 0.282 e. The summed E-state index contributed by atoms with van der Waals surface area (Å²) in [6.45, 7) is 4.67. The summed E-state index contributed by atoms with van der Waals surface area (Å²) in [4.78, 5) is 19.2. The Morgan fingerprint density at radius 2 is 2.32 bits per heavy atom. The Labute approximate surface area is 174 Å². The standard InChI is InChI=1S/C22H21ClN2O2S/c1-3-14(6-9-23)15-8-11-25-20(12-15)21(28-22(25)26)17-7-10-24-19-5-4-16(27-2)13-18(17)19/h3-5,7,10,13-15,20-21H,1,8,11-12H2,2H3/t14?,15-,20-,21-/m0/s1. The summed E-state index contributed by atoms with van der Waals surface area (Å²) in [5.74, 6) is 4.24. The van der Waals surface area contributed by atoms with Crippen LogP contribution in [0.5, 0.6) is 5.75 Å². The van der Waals surface area contributed by atoms with E-state index >= 15 is 0 Å². The number of rotatable bonds is 4. The van der Waals surface area contributed by atoms with Gasteiger partial charge in [0.05, 0.1) is 17.9 Å². The molecule has 0 saturated carbocycles. The normalized spacial score (nSPS) is 25.0. The Morgan fingerprint density at radius 3 is 3.07 bits per heavy atom. The van der Waals surface area contributed by atoms with Gasteiger partial charge >= 0.3 is 0 Å². The van der Waals surface area contributed by atoms with Crippen LogP contribution < -0.4 is 4.74 Å². The van der Waals surface area contributed by atoms with E-state index in [4.69, 9.17) is 16.3 Å². The van der Waals surface area contributed by atoms with Gasteiger partial charge in [0, 0.05) is 35.5 Å². The molecule has 0 bridgehead atoms. The van der Waals surface area contributed by atoms with Crippen LogP contribution in [-0.2, 0) is 0 Å². The van der Waals surface area contributed by atoms with E-state index < -0.39 is 0 Å². The highest BCUT2D eigenvalue weighted by Crippen LogP contribution is 2.50. The molecule has 1 aromatic carbocycles. The fourth-order valence-electron chi connectivity index (χ4n) is 4.35. The largest absolute Gasteiger partial charge is 0.497 e. The number of fused-ring (bicyclic) bond motifs is 2. The lowest BCUT2D eigenvalue weighted by Crippen LogP contribution is -2.43. The van der Waals surface area contributed by atoms with Crippen LogP contribution >= 0.6 is 23.4 Å². The molecule has 0 N–H and O–H groups in total. The number of carbonyl (C=O) groups excluding carboxylic acids is 1. The van der Waals surface area contributed by atoms with Crippen molar-refractivity contribution in [2.75, 3.05) is 13.7 Å². The molecule has 0 spiro atoms. The fourth-order valence-corrected chi connectivity index (χ4v) is 5.80. The number of benzene rings is 1. The van der Waals surface area contributed by atoms with Crippen molar-refractivity contribution in [3.05, 3.63) is 48.7 Å². The molecule has 1 unspecified atom stereocenters. The molecule has 0 radical (unpaired) electrons. The minimum atomic E-state index is 0.0512. The van der Waals surface area contributed by atoms with Gasteiger partial charge in [-0.2, -0.15) is 0 Å². The molecule has 4 atom stereocenters. The maximum atomic E-state index is 12.7. The smallest absolute Gasteiger partial charge is 0.282 e. The molecule has 4 nitrogen and oxygen atoms in total. The number of methoxy groups -OCH3 is 1. The van der Waals surface area contributed by atoms with Crippen molar-refractivity contribution < 1.29 is 9.53 Å². The third-order valence-corrected chi connectivity index (χ3v) is 7.14. The Kier molecular flexibility index (Phi) is 5.52. The van der Waals surface area contributed by atoms with Crippen molar-refractivity contribution in [1.82, 2.24) is 9.88 Å². The van der Waals surface area contributed by atoms with Crippen LogP contribution in [-0.4, -0.2) is 34.8 Å². The van der Waals surface area contributed by atoms with Gasteiger partial charge in [0.15, 0.2) is 0 Å². The van der Waals surface area contributed by atoms with Gasteiger partial charge in [-0.15, -0.1) is 6.58 Å². The summed E-state index contributed by atoms with van der Waals surface area (Å²) in [5.41, 5.74) is 2.04. The first-order valence-corrected chi connectivity index (χ1v) is 10.6. The second kappa shape index (κ2) is 8.06. The molecule has 0 aliphatic carbocycles. The Hall–Kier alpha value is -2.16. The van der Waals surface area contributed by atoms with Crippen LogP contribution in [0.3, 0.4) is 0 Å². The topological polar surface area (TPSA) is 42.4 Å². The van der Waals surface area contributed by atoms with Gasteiger partial charge in [0.1, 0.15) is 5.75 Å². The number of ether oxygens (including phenoxy) is 1. The molecule has 2 aromatic rings. The van der Waals surface area contributed by atoms with Gasteiger partial charge < -0.3 is 9.64 Å². The van der Waals surface area contributed by atoms with E-state index in [0.29, 0.717) is 5.92 Å². The van der Waals surface area contributed by atoms with Gasteiger partial charge in [-0.1, -0.05) is 23.8 Å². The first-order chi connectivity index (χ1) is 13.7. The predicted octanol–water partition coefficient (Wildman–Crippen LogP) is 5.23. The molecule has 144 valence electrons. The van der Waals surface area contributed by atoms with Gasteiger partial charge in [0.2, 0.25) is 0 Å². The van der Waals surface area contributed by atoms with E-state index in [2.05, 4.69) is 22.9 Å². The minimum Gasteiger partial charge on any atom is -0.497 e. The van der Waals surface area contributed by atoms with Crippen LogP contribution in [0.15, 0.2) is 43.1 Å². The number of hydrogen-bond donors (Lipinski definition) is 0. The minimum absolute atomic E-state index is 0.0512. The van der Waals surface area contributed by atoms with Gasteiger partial charge in [-0.25, -0.2) is 0 Å². The molecule has 2 saturated heterocycles. The van der Waals surface area contributed by atoms with Crippen LogP contribution in [0.1, 0.15) is 23.7 Å². The molecule has 3 heterocycles. The highest BCUT2D eigenvalue weighted by molar-refractivity contribution is 8.14. The number of thioether (sulfide) groups is 1. The molecular weight excluding hydrogens is 392 g/mol. The lowest BCUT2D eigenvalue weighted by atomic mass is 9.80.